The number of rotatable bonds is 4. The molecule has 2 rings (SSSR count). The molecule has 18 heavy (non-hydrogen) atoms. The van der Waals surface area contributed by atoms with E-state index in [4.69, 9.17) is 18.0 Å². The number of pyridine rings is 1. The van der Waals surface area contributed by atoms with E-state index in [2.05, 4.69) is 38.4 Å². The van der Waals surface area contributed by atoms with Gasteiger partial charge in [-0.05, 0) is 29.8 Å². The van der Waals surface area contributed by atoms with Crippen molar-refractivity contribution >= 4 is 39.0 Å². The van der Waals surface area contributed by atoms with Crippen molar-refractivity contribution in [1.82, 2.24) is 4.98 Å². The zero-order valence-corrected chi connectivity index (χ0v) is 12.0. The average molecular weight is 322 g/mol. The van der Waals surface area contributed by atoms with Gasteiger partial charge in [-0.25, -0.2) is 4.98 Å². The van der Waals surface area contributed by atoms with E-state index in [9.17, 15) is 0 Å². The highest BCUT2D eigenvalue weighted by Crippen LogP contribution is 2.13. The van der Waals surface area contributed by atoms with Gasteiger partial charge in [-0.2, -0.15) is 0 Å². The molecule has 0 bridgehead atoms. The van der Waals surface area contributed by atoms with Crippen molar-refractivity contribution in [2.75, 3.05) is 5.32 Å². The summed E-state index contributed by atoms with van der Waals surface area (Å²) in [6, 6.07) is 11.9. The average Bonchev–Trinajstić information content (AvgIpc) is 2.37. The van der Waals surface area contributed by atoms with Gasteiger partial charge < -0.3 is 11.1 Å². The summed E-state index contributed by atoms with van der Waals surface area (Å²) >= 11 is 8.32. The Labute approximate surface area is 120 Å². The smallest absolute Gasteiger partial charge is 0.126 e. The molecule has 0 unspecified atom stereocenters. The third kappa shape index (κ3) is 3.51. The molecule has 0 aliphatic heterocycles. The Kier molecular flexibility index (Phi) is 4.28. The van der Waals surface area contributed by atoms with Crippen LogP contribution in [0.25, 0.3) is 0 Å². The van der Waals surface area contributed by atoms with Crippen LogP contribution in [0.3, 0.4) is 0 Å². The van der Waals surface area contributed by atoms with E-state index in [-0.39, 0.29) is 0 Å². The van der Waals surface area contributed by atoms with Crippen LogP contribution < -0.4 is 11.1 Å². The molecule has 3 N–H and O–H groups in total. The molecule has 0 radical (unpaired) electrons. The predicted octanol–water partition coefficient (Wildman–Crippen LogP) is 3.09. The molecule has 0 aliphatic rings. The SMILES string of the molecule is NC(=S)c1ccc(NCc2cccc(Br)c2)nc1. The van der Waals surface area contributed by atoms with E-state index < -0.39 is 0 Å². The molecule has 0 saturated carbocycles. The van der Waals surface area contributed by atoms with Crippen molar-refractivity contribution < 1.29 is 0 Å². The van der Waals surface area contributed by atoms with E-state index in [1.165, 1.54) is 5.56 Å². The van der Waals surface area contributed by atoms with Crippen LogP contribution in [0.2, 0.25) is 0 Å². The normalized spacial score (nSPS) is 10.1. The van der Waals surface area contributed by atoms with Crippen molar-refractivity contribution in [3.8, 4) is 0 Å². The summed E-state index contributed by atoms with van der Waals surface area (Å²) in [6.07, 6.45) is 1.67. The molecule has 1 aromatic carbocycles. The first-order valence-electron chi connectivity index (χ1n) is 5.39. The number of aromatic nitrogens is 1. The van der Waals surface area contributed by atoms with Gasteiger partial charge in [0.15, 0.2) is 0 Å². The third-order valence-corrected chi connectivity index (χ3v) is 3.14. The van der Waals surface area contributed by atoms with Gasteiger partial charge in [0.1, 0.15) is 10.8 Å². The molecule has 3 nitrogen and oxygen atoms in total. The van der Waals surface area contributed by atoms with Crippen LogP contribution in [-0.4, -0.2) is 9.97 Å². The summed E-state index contributed by atoms with van der Waals surface area (Å²) in [5, 5.41) is 3.24. The summed E-state index contributed by atoms with van der Waals surface area (Å²) in [5.74, 6) is 0.801. The lowest BCUT2D eigenvalue weighted by molar-refractivity contribution is 1.11. The fourth-order valence-electron chi connectivity index (χ4n) is 1.48. The van der Waals surface area contributed by atoms with Crippen LogP contribution in [0.15, 0.2) is 47.1 Å². The van der Waals surface area contributed by atoms with E-state index in [0.717, 1.165) is 22.4 Å². The number of hydrogen-bond acceptors (Lipinski definition) is 3. The number of thiocarbonyl (C=S) groups is 1. The maximum Gasteiger partial charge on any atom is 0.126 e. The van der Waals surface area contributed by atoms with E-state index in [1.54, 1.807) is 6.20 Å². The van der Waals surface area contributed by atoms with Crippen LogP contribution in [0.1, 0.15) is 11.1 Å². The summed E-state index contributed by atoms with van der Waals surface area (Å²) in [7, 11) is 0. The number of hydrogen-bond donors (Lipinski definition) is 2. The third-order valence-electron chi connectivity index (χ3n) is 2.41. The van der Waals surface area contributed by atoms with Crippen LogP contribution in [0.4, 0.5) is 5.82 Å². The Morgan fingerprint density at radius 3 is 2.78 bits per heavy atom. The van der Waals surface area contributed by atoms with E-state index in [0.29, 0.717) is 4.99 Å². The molecule has 0 spiro atoms. The molecule has 2 aromatic rings. The molecule has 0 atom stereocenters. The van der Waals surface area contributed by atoms with Crippen LogP contribution in [0, 0.1) is 0 Å². The quantitative estimate of drug-likeness (QED) is 0.850. The molecule has 0 aliphatic carbocycles. The molecule has 92 valence electrons. The molecular formula is C13H12BrN3S. The number of halogens is 1. The Morgan fingerprint density at radius 2 is 2.17 bits per heavy atom. The Morgan fingerprint density at radius 1 is 1.33 bits per heavy atom. The fourth-order valence-corrected chi connectivity index (χ4v) is 2.05. The molecule has 0 saturated heterocycles. The fraction of sp³-hybridized carbons (Fsp3) is 0.0769. The minimum atomic E-state index is 0.362. The molecule has 1 heterocycles. The van der Waals surface area contributed by atoms with Gasteiger partial charge in [-0.3, -0.25) is 0 Å². The van der Waals surface area contributed by atoms with Crippen molar-refractivity contribution in [3.63, 3.8) is 0 Å². The molecule has 0 fully saturated rings. The number of nitrogens with zero attached hydrogens (tertiary/aromatic N) is 1. The number of benzene rings is 1. The van der Waals surface area contributed by atoms with Gasteiger partial charge in [0.05, 0.1) is 0 Å². The van der Waals surface area contributed by atoms with E-state index in [1.807, 2.05) is 24.3 Å². The lowest BCUT2D eigenvalue weighted by Gasteiger charge is -2.06. The summed E-state index contributed by atoms with van der Waals surface area (Å²) in [6.45, 7) is 0.721. The highest BCUT2D eigenvalue weighted by Gasteiger charge is 1.99. The second kappa shape index (κ2) is 5.93. The first-order valence-corrected chi connectivity index (χ1v) is 6.59. The number of anilines is 1. The second-order valence-electron chi connectivity index (χ2n) is 3.78. The molecule has 0 amide bonds. The second-order valence-corrected chi connectivity index (χ2v) is 5.14. The van der Waals surface area contributed by atoms with Crippen molar-refractivity contribution in [1.29, 1.82) is 0 Å². The number of nitrogens with two attached hydrogens (primary N) is 1. The molecule has 1 aromatic heterocycles. The zero-order valence-electron chi connectivity index (χ0n) is 9.56. The zero-order chi connectivity index (χ0) is 13.0. The Bertz CT molecular complexity index is 554. The van der Waals surface area contributed by atoms with Crippen molar-refractivity contribution in [2.45, 2.75) is 6.54 Å². The lowest BCUT2D eigenvalue weighted by atomic mass is 10.2. The summed E-state index contributed by atoms with van der Waals surface area (Å²) < 4.78 is 1.07. The van der Waals surface area contributed by atoms with Gasteiger partial charge >= 0.3 is 0 Å². The summed E-state index contributed by atoms with van der Waals surface area (Å²) in [5.41, 5.74) is 7.47. The topological polar surface area (TPSA) is 50.9 Å². The maximum absolute atomic E-state index is 5.51. The minimum absolute atomic E-state index is 0.362. The highest BCUT2D eigenvalue weighted by molar-refractivity contribution is 9.10. The lowest BCUT2D eigenvalue weighted by Crippen LogP contribution is -2.10. The van der Waals surface area contributed by atoms with Gasteiger partial charge in [0.2, 0.25) is 0 Å². The molecule has 5 heteroatoms. The van der Waals surface area contributed by atoms with Gasteiger partial charge in [0, 0.05) is 22.8 Å². The Hall–Kier alpha value is -1.46. The first-order chi connectivity index (χ1) is 8.65. The standard InChI is InChI=1S/C13H12BrN3S/c14-11-3-1-2-9(6-11)7-16-12-5-4-10(8-17-12)13(15)18/h1-6,8H,7H2,(H2,15,18)(H,16,17). The van der Waals surface area contributed by atoms with Gasteiger partial charge in [-0.1, -0.05) is 40.3 Å². The van der Waals surface area contributed by atoms with Gasteiger partial charge in [-0.15, -0.1) is 0 Å². The number of nitrogens with one attached hydrogen (secondary N) is 1. The monoisotopic (exact) mass is 321 g/mol. The van der Waals surface area contributed by atoms with Crippen molar-refractivity contribution in [2.24, 2.45) is 5.73 Å². The maximum atomic E-state index is 5.51. The van der Waals surface area contributed by atoms with Gasteiger partial charge in [0.25, 0.3) is 0 Å². The van der Waals surface area contributed by atoms with Crippen LogP contribution in [-0.2, 0) is 6.54 Å². The Balaban J connectivity index is 2.00. The van der Waals surface area contributed by atoms with Crippen molar-refractivity contribution in [3.05, 3.63) is 58.2 Å². The minimum Gasteiger partial charge on any atom is -0.389 e. The highest BCUT2D eigenvalue weighted by atomic mass is 79.9. The first kappa shape index (κ1) is 13.0. The largest absolute Gasteiger partial charge is 0.389 e. The van der Waals surface area contributed by atoms with Crippen LogP contribution >= 0.6 is 28.1 Å². The molecular weight excluding hydrogens is 310 g/mol. The van der Waals surface area contributed by atoms with E-state index >= 15 is 0 Å². The summed E-state index contributed by atoms with van der Waals surface area (Å²) in [4.78, 5) is 4.61. The van der Waals surface area contributed by atoms with Crippen LogP contribution in [0.5, 0.6) is 0 Å². The predicted molar refractivity (Wildman–Crippen MR) is 81.6 cm³/mol.